The molecule has 0 spiro atoms. The summed E-state index contributed by atoms with van der Waals surface area (Å²) in [7, 11) is -1.93. The Morgan fingerprint density at radius 1 is 1.33 bits per heavy atom. The zero-order valence-electron chi connectivity index (χ0n) is 10.2. The Morgan fingerprint density at radius 3 is 2.50 bits per heavy atom. The van der Waals surface area contributed by atoms with Crippen LogP contribution in [0.2, 0.25) is 0 Å². The van der Waals surface area contributed by atoms with Gasteiger partial charge in [0.25, 0.3) is 0 Å². The quantitative estimate of drug-likeness (QED) is 0.736. The van der Waals surface area contributed by atoms with Crippen molar-refractivity contribution in [2.24, 2.45) is 0 Å². The lowest BCUT2D eigenvalue weighted by atomic mass is 10.2. The first-order valence-electron chi connectivity index (χ1n) is 5.36. The molecular formula is C13H15NO3S. The van der Waals surface area contributed by atoms with Gasteiger partial charge in [-0.25, -0.2) is 8.42 Å². The maximum Gasteiger partial charge on any atom is 0.237 e. The summed E-state index contributed by atoms with van der Waals surface area (Å²) in [6, 6.07) is 9.35. The molecule has 0 unspecified atom stereocenters. The first-order chi connectivity index (χ1) is 8.44. The largest absolute Gasteiger partial charge is 0.341 e. The maximum absolute atomic E-state index is 11.7. The van der Waals surface area contributed by atoms with E-state index in [9.17, 15) is 13.2 Å². The summed E-state index contributed by atoms with van der Waals surface area (Å²) in [4.78, 5) is 13.1. The molecule has 1 aromatic carbocycles. The van der Waals surface area contributed by atoms with Gasteiger partial charge in [0.15, 0.2) is 9.84 Å². The van der Waals surface area contributed by atoms with Crippen LogP contribution in [0.3, 0.4) is 0 Å². The zero-order valence-corrected chi connectivity index (χ0v) is 11.0. The number of sulfone groups is 1. The van der Waals surface area contributed by atoms with E-state index in [0.29, 0.717) is 6.54 Å². The van der Waals surface area contributed by atoms with E-state index in [1.165, 1.54) is 4.90 Å². The van der Waals surface area contributed by atoms with E-state index in [1.807, 2.05) is 36.3 Å². The summed E-state index contributed by atoms with van der Waals surface area (Å²) < 4.78 is 22.8. The van der Waals surface area contributed by atoms with E-state index in [4.69, 9.17) is 6.42 Å². The molecule has 0 aromatic heterocycles. The number of hydrogen-bond donors (Lipinski definition) is 0. The van der Waals surface area contributed by atoms with Gasteiger partial charge >= 0.3 is 0 Å². The predicted octanol–water partition coefficient (Wildman–Crippen LogP) is 0.693. The smallest absolute Gasteiger partial charge is 0.237 e. The summed E-state index contributed by atoms with van der Waals surface area (Å²) in [5.41, 5.74) is 0.947. The highest BCUT2D eigenvalue weighted by Gasteiger charge is 2.18. The molecule has 4 nitrogen and oxygen atoms in total. The van der Waals surface area contributed by atoms with Gasteiger partial charge in [-0.2, -0.15) is 0 Å². The van der Waals surface area contributed by atoms with Gasteiger partial charge in [-0.15, -0.1) is 6.42 Å². The summed E-state index contributed by atoms with van der Waals surface area (Å²) >= 11 is 0. The molecule has 96 valence electrons. The molecule has 0 atom stereocenters. The number of carbonyl (C=O) groups excluding carboxylic acids is 1. The van der Waals surface area contributed by atoms with Crippen molar-refractivity contribution in [2.75, 3.05) is 18.6 Å². The van der Waals surface area contributed by atoms with Gasteiger partial charge < -0.3 is 4.90 Å². The highest BCUT2D eigenvalue weighted by molar-refractivity contribution is 7.92. The first kappa shape index (κ1) is 14.3. The maximum atomic E-state index is 11.7. The molecule has 0 saturated carbocycles. The molecule has 1 rings (SSSR count). The minimum absolute atomic E-state index is 0.380. The number of rotatable bonds is 5. The number of hydrogen-bond acceptors (Lipinski definition) is 3. The molecule has 0 aliphatic heterocycles. The molecule has 0 aliphatic rings. The monoisotopic (exact) mass is 265 g/mol. The van der Waals surface area contributed by atoms with Crippen molar-refractivity contribution < 1.29 is 13.2 Å². The fraction of sp³-hybridized carbons (Fsp3) is 0.308. The van der Waals surface area contributed by atoms with Gasteiger partial charge in [-0.3, -0.25) is 4.79 Å². The van der Waals surface area contributed by atoms with Crippen LogP contribution >= 0.6 is 0 Å². The van der Waals surface area contributed by atoms with E-state index in [0.717, 1.165) is 5.56 Å². The molecular weight excluding hydrogens is 250 g/mol. The lowest BCUT2D eigenvalue weighted by Crippen LogP contribution is -2.32. The van der Waals surface area contributed by atoms with E-state index in [2.05, 4.69) is 0 Å². The van der Waals surface area contributed by atoms with Gasteiger partial charge in [0, 0.05) is 13.6 Å². The molecule has 1 amide bonds. The van der Waals surface area contributed by atoms with Gasteiger partial charge in [0.05, 0.1) is 0 Å². The van der Waals surface area contributed by atoms with Crippen molar-refractivity contribution in [1.29, 1.82) is 0 Å². The molecule has 0 saturated heterocycles. The van der Waals surface area contributed by atoms with Crippen LogP contribution in [0.15, 0.2) is 30.3 Å². The van der Waals surface area contributed by atoms with Crippen LogP contribution in [0.25, 0.3) is 0 Å². The van der Waals surface area contributed by atoms with E-state index >= 15 is 0 Å². The molecule has 18 heavy (non-hydrogen) atoms. The Balaban J connectivity index is 2.61. The van der Waals surface area contributed by atoms with Gasteiger partial charge in [-0.05, 0) is 5.56 Å². The van der Waals surface area contributed by atoms with Crippen LogP contribution in [-0.2, 0) is 21.2 Å². The third kappa shape index (κ3) is 4.60. The van der Waals surface area contributed by atoms with Crippen LogP contribution in [-0.4, -0.2) is 37.8 Å². The lowest BCUT2D eigenvalue weighted by Gasteiger charge is -2.16. The third-order valence-electron chi connectivity index (χ3n) is 2.33. The second kappa shape index (κ2) is 6.22. The summed E-state index contributed by atoms with van der Waals surface area (Å²) in [5.74, 6) is 0.647. The third-order valence-corrected chi connectivity index (χ3v) is 3.63. The topological polar surface area (TPSA) is 54.5 Å². The second-order valence-corrected chi connectivity index (χ2v) is 6.04. The predicted molar refractivity (Wildman–Crippen MR) is 70.4 cm³/mol. The van der Waals surface area contributed by atoms with E-state index in [-0.39, 0.29) is 0 Å². The van der Waals surface area contributed by atoms with Crippen LogP contribution in [0.5, 0.6) is 0 Å². The summed E-state index contributed by atoms with van der Waals surface area (Å²) in [6.07, 6.45) is 4.94. The number of nitrogens with zero attached hydrogens (tertiary/aromatic N) is 1. The molecule has 0 fully saturated rings. The SMILES string of the molecule is C#CCS(=O)(=O)CC(=O)N(C)Cc1ccccc1. The number of amides is 1. The molecule has 0 N–H and O–H groups in total. The lowest BCUT2D eigenvalue weighted by molar-refractivity contribution is -0.127. The molecule has 0 radical (unpaired) electrons. The van der Waals surface area contributed by atoms with Crippen molar-refractivity contribution in [3.8, 4) is 12.3 Å². The van der Waals surface area contributed by atoms with Gasteiger partial charge in [0.1, 0.15) is 11.5 Å². The van der Waals surface area contributed by atoms with Crippen molar-refractivity contribution in [3.05, 3.63) is 35.9 Å². The van der Waals surface area contributed by atoms with E-state index < -0.39 is 27.3 Å². The van der Waals surface area contributed by atoms with Crippen molar-refractivity contribution in [2.45, 2.75) is 6.54 Å². The van der Waals surface area contributed by atoms with Crippen LogP contribution < -0.4 is 0 Å². The Hall–Kier alpha value is -1.80. The first-order valence-corrected chi connectivity index (χ1v) is 7.18. The van der Waals surface area contributed by atoms with Crippen molar-refractivity contribution >= 4 is 15.7 Å². The van der Waals surface area contributed by atoms with Crippen LogP contribution in [0, 0.1) is 12.3 Å². The number of terminal acetylenes is 1. The zero-order chi connectivity index (χ0) is 13.6. The fourth-order valence-electron chi connectivity index (χ4n) is 1.42. The molecule has 5 heteroatoms. The number of carbonyl (C=O) groups is 1. The average Bonchev–Trinajstić information content (AvgIpc) is 2.29. The minimum Gasteiger partial charge on any atom is -0.341 e. The Morgan fingerprint density at radius 2 is 1.94 bits per heavy atom. The Labute approximate surface area is 108 Å². The highest BCUT2D eigenvalue weighted by atomic mass is 32.2. The summed E-state index contributed by atoms with van der Waals surface area (Å²) in [6.45, 7) is 0.380. The highest BCUT2D eigenvalue weighted by Crippen LogP contribution is 2.04. The summed E-state index contributed by atoms with van der Waals surface area (Å²) in [5, 5.41) is 0. The minimum atomic E-state index is -3.50. The molecule has 0 heterocycles. The Bertz CT molecular complexity index is 543. The Kier molecular flexibility index (Phi) is 4.93. The van der Waals surface area contributed by atoms with Crippen molar-refractivity contribution in [1.82, 2.24) is 4.90 Å². The fourth-order valence-corrected chi connectivity index (χ4v) is 2.37. The number of benzene rings is 1. The molecule has 0 bridgehead atoms. The normalized spacial score (nSPS) is 10.7. The van der Waals surface area contributed by atoms with Crippen LogP contribution in [0.4, 0.5) is 0 Å². The van der Waals surface area contributed by atoms with Gasteiger partial charge in [-0.1, -0.05) is 36.3 Å². The second-order valence-electron chi connectivity index (χ2n) is 3.97. The average molecular weight is 265 g/mol. The van der Waals surface area contributed by atoms with Crippen LogP contribution in [0.1, 0.15) is 5.56 Å². The standard InChI is InChI=1S/C13H15NO3S/c1-3-9-18(16,17)11-13(15)14(2)10-12-7-5-4-6-8-12/h1,4-8H,9-11H2,2H3. The van der Waals surface area contributed by atoms with E-state index in [1.54, 1.807) is 7.05 Å². The van der Waals surface area contributed by atoms with Gasteiger partial charge in [0.2, 0.25) is 5.91 Å². The molecule has 0 aliphatic carbocycles. The molecule has 1 aromatic rings. The van der Waals surface area contributed by atoms with Crippen molar-refractivity contribution in [3.63, 3.8) is 0 Å².